The van der Waals surface area contributed by atoms with Crippen molar-refractivity contribution in [1.29, 1.82) is 0 Å². The second-order valence-electron chi connectivity index (χ2n) is 6.36. The normalized spacial score (nSPS) is 15.5. The van der Waals surface area contributed by atoms with Gasteiger partial charge in [-0.2, -0.15) is 0 Å². The molecule has 0 unspecified atom stereocenters. The van der Waals surface area contributed by atoms with E-state index in [1.807, 2.05) is 30.5 Å². The summed E-state index contributed by atoms with van der Waals surface area (Å²) in [5, 5.41) is 3.23. The summed E-state index contributed by atoms with van der Waals surface area (Å²) >= 11 is 5.18. The zero-order chi connectivity index (χ0) is 17.3. The van der Waals surface area contributed by atoms with Crippen molar-refractivity contribution in [1.82, 2.24) is 9.88 Å². The molecule has 0 spiro atoms. The van der Waals surface area contributed by atoms with E-state index in [0.29, 0.717) is 0 Å². The van der Waals surface area contributed by atoms with Gasteiger partial charge in [-0.1, -0.05) is 28.8 Å². The van der Waals surface area contributed by atoms with Gasteiger partial charge in [-0.25, -0.2) is 4.98 Å². The number of halogens is 1. The van der Waals surface area contributed by atoms with Crippen molar-refractivity contribution in [3.05, 3.63) is 40.3 Å². The molecule has 0 bridgehead atoms. The van der Waals surface area contributed by atoms with Gasteiger partial charge in [-0.3, -0.25) is 4.90 Å². The van der Waals surface area contributed by atoms with Gasteiger partial charge in [0.1, 0.15) is 5.75 Å². The van der Waals surface area contributed by atoms with E-state index in [2.05, 4.69) is 36.1 Å². The molecule has 1 saturated heterocycles. The molecule has 4 nitrogen and oxygen atoms in total. The standard InChI is InChI=1S/C19H26BrN3OS/c20-17-5-7-18(8-6-17)24-15-4-2-1-3-10-22-11-13-23(14-12-22)19-21-9-16-25-19/h5-9,16H,1-4,10-15H2. The van der Waals surface area contributed by atoms with E-state index in [-0.39, 0.29) is 0 Å². The summed E-state index contributed by atoms with van der Waals surface area (Å²) in [7, 11) is 0. The summed E-state index contributed by atoms with van der Waals surface area (Å²) in [5.41, 5.74) is 0. The van der Waals surface area contributed by atoms with Crippen molar-refractivity contribution >= 4 is 32.4 Å². The molecule has 3 rings (SSSR count). The van der Waals surface area contributed by atoms with E-state index in [9.17, 15) is 0 Å². The zero-order valence-electron chi connectivity index (χ0n) is 14.6. The first-order valence-electron chi connectivity index (χ1n) is 9.06. The SMILES string of the molecule is Brc1ccc(OCCCCCCN2CCN(c3nccs3)CC2)cc1. The third-order valence-corrected chi connectivity index (χ3v) is 5.87. The van der Waals surface area contributed by atoms with Gasteiger partial charge >= 0.3 is 0 Å². The Hall–Kier alpha value is -1.11. The molecule has 1 aliphatic rings. The Kier molecular flexibility index (Phi) is 7.57. The van der Waals surface area contributed by atoms with E-state index in [0.717, 1.165) is 49.4 Å². The summed E-state index contributed by atoms with van der Waals surface area (Å²) in [6.07, 6.45) is 6.85. The third kappa shape index (κ3) is 6.28. The number of benzene rings is 1. The molecular weight excluding hydrogens is 398 g/mol. The first-order chi connectivity index (χ1) is 12.3. The van der Waals surface area contributed by atoms with E-state index >= 15 is 0 Å². The van der Waals surface area contributed by atoms with Gasteiger partial charge in [0.15, 0.2) is 5.13 Å². The molecule has 0 atom stereocenters. The largest absolute Gasteiger partial charge is 0.494 e. The number of anilines is 1. The fourth-order valence-electron chi connectivity index (χ4n) is 3.05. The lowest BCUT2D eigenvalue weighted by Crippen LogP contribution is -2.46. The molecule has 136 valence electrons. The first kappa shape index (κ1) is 18.7. The topological polar surface area (TPSA) is 28.6 Å². The summed E-state index contributed by atoms with van der Waals surface area (Å²) in [6, 6.07) is 8.05. The number of ether oxygens (including phenoxy) is 1. The number of unbranched alkanes of at least 4 members (excludes halogenated alkanes) is 3. The van der Waals surface area contributed by atoms with Gasteiger partial charge in [-0.15, -0.1) is 11.3 Å². The molecule has 0 saturated carbocycles. The predicted octanol–water partition coefficient (Wildman–Crippen LogP) is 4.67. The van der Waals surface area contributed by atoms with Crippen molar-refractivity contribution < 1.29 is 4.74 Å². The van der Waals surface area contributed by atoms with Crippen LogP contribution in [0.4, 0.5) is 5.13 Å². The van der Waals surface area contributed by atoms with Crippen LogP contribution in [0, 0.1) is 0 Å². The van der Waals surface area contributed by atoms with Crippen LogP contribution >= 0.6 is 27.3 Å². The minimum absolute atomic E-state index is 0.814. The lowest BCUT2D eigenvalue weighted by molar-refractivity contribution is 0.249. The smallest absolute Gasteiger partial charge is 0.185 e. The van der Waals surface area contributed by atoms with Gasteiger partial charge < -0.3 is 9.64 Å². The molecule has 0 radical (unpaired) electrons. The van der Waals surface area contributed by atoms with Crippen LogP contribution in [0.1, 0.15) is 25.7 Å². The lowest BCUT2D eigenvalue weighted by Gasteiger charge is -2.34. The monoisotopic (exact) mass is 423 g/mol. The Bertz CT molecular complexity index is 598. The lowest BCUT2D eigenvalue weighted by atomic mass is 10.2. The molecule has 6 heteroatoms. The minimum atomic E-state index is 0.814. The minimum Gasteiger partial charge on any atom is -0.494 e. The summed E-state index contributed by atoms with van der Waals surface area (Å²) in [6.45, 7) is 6.56. The van der Waals surface area contributed by atoms with Crippen molar-refractivity contribution in [2.24, 2.45) is 0 Å². The van der Waals surface area contributed by atoms with Crippen LogP contribution in [0.5, 0.6) is 5.75 Å². The van der Waals surface area contributed by atoms with Crippen molar-refractivity contribution in [2.75, 3.05) is 44.2 Å². The van der Waals surface area contributed by atoms with Crippen LogP contribution in [0.3, 0.4) is 0 Å². The Balaban J connectivity index is 1.20. The Morgan fingerprint density at radius 1 is 1.00 bits per heavy atom. The highest BCUT2D eigenvalue weighted by atomic mass is 79.9. The summed E-state index contributed by atoms with van der Waals surface area (Å²) in [5.74, 6) is 0.960. The second-order valence-corrected chi connectivity index (χ2v) is 8.15. The highest BCUT2D eigenvalue weighted by Gasteiger charge is 2.17. The van der Waals surface area contributed by atoms with E-state index in [4.69, 9.17) is 4.74 Å². The first-order valence-corrected chi connectivity index (χ1v) is 10.7. The van der Waals surface area contributed by atoms with Crippen LogP contribution in [-0.2, 0) is 0 Å². The average Bonchev–Trinajstić information content (AvgIpc) is 3.18. The summed E-state index contributed by atoms with van der Waals surface area (Å²) in [4.78, 5) is 9.40. The molecule has 2 heterocycles. The van der Waals surface area contributed by atoms with Gasteiger partial charge in [0.05, 0.1) is 6.61 Å². The fraction of sp³-hybridized carbons (Fsp3) is 0.526. The number of nitrogens with zero attached hydrogens (tertiary/aromatic N) is 3. The molecule has 25 heavy (non-hydrogen) atoms. The van der Waals surface area contributed by atoms with Gasteiger partial charge in [0.2, 0.25) is 0 Å². The van der Waals surface area contributed by atoms with E-state index in [1.165, 1.54) is 30.9 Å². The Labute approximate surface area is 162 Å². The molecule has 1 aliphatic heterocycles. The number of hydrogen-bond acceptors (Lipinski definition) is 5. The van der Waals surface area contributed by atoms with Gasteiger partial charge in [0, 0.05) is 42.2 Å². The molecule has 0 aliphatic carbocycles. The maximum atomic E-state index is 5.76. The maximum Gasteiger partial charge on any atom is 0.185 e. The van der Waals surface area contributed by atoms with Crippen LogP contribution in [0.15, 0.2) is 40.3 Å². The average molecular weight is 424 g/mol. The highest BCUT2D eigenvalue weighted by molar-refractivity contribution is 9.10. The van der Waals surface area contributed by atoms with Crippen LogP contribution in [0.2, 0.25) is 0 Å². The number of aromatic nitrogens is 1. The van der Waals surface area contributed by atoms with Gasteiger partial charge in [0.25, 0.3) is 0 Å². The quantitative estimate of drug-likeness (QED) is 0.547. The van der Waals surface area contributed by atoms with Crippen molar-refractivity contribution in [3.8, 4) is 5.75 Å². The number of hydrogen-bond donors (Lipinski definition) is 0. The predicted molar refractivity (Wildman–Crippen MR) is 109 cm³/mol. The highest BCUT2D eigenvalue weighted by Crippen LogP contribution is 2.19. The van der Waals surface area contributed by atoms with Crippen molar-refractivity contribution in [2.45, 2.75) is 25.7 Å². The molecule has 0 N–H and O–H groups in total. The van der Waals surface area contributed by atoms with E-state index < -0.39 is 0 Å². The van der Waals surface area contributed by atoms with E-state index in [1.54, 1.807) is 11.3 Å². The zero-order valence-corrected chi connectivity index (χ0v) is 17.0. The number of piperazine rings is 1. The number of thiazole rings is 1. The number of rotatable bonds is 9. The fourth-order valence-corrected chi connectivity index (χ4v) is 4.01. The third-order valence-electron chi connectivity index (χ3n) is 4.51. The molecule has 1 aromatic heterocycles. The molecular formula is C19H26BrN3OS. The molecule has 1 fully saturated rings. The second kappa shape index (κ2) is 10.1. The van der Waals surface area contributed by atoms with Crippen LogP contribution < -0.4 is 9.64 Å². The van der Waals surface area contributed by atoms with Crippen molar-refractivity contribution in [3.63, 3.8) is 0 Å². The Morgan fingerprint density at radius 3 is 2.48 bits per heavy atom. The molecule has 0 amide bonds. The summed E-state index contributed by atoms with van der Waals surface area (Å²) < 4.78 is 6.85. The molecule has 2 aromatic rings. The van der Waals surface area contributed by atoms with Crippen LogP contribution in [0.25, 0.3) is 0 Å². The maximum absolute atomic E-state index is 5.76. The van der Waals surface area contributed by atoms with Crippen LogP contribution in [-0.4, -0.2) is 49.2 Å². The molecule has 1 aromatic carbocycles. The van der Waals surface area contributed by atoms with Gasteiger partial charge in [-0.05, 0) is 43.7 Å². The Morgan fingerprint density at radius 2 is 1.76 bits per heavy atom.